The fourth-order valence-electron chi connectivity index (χ4n) is 1.21. The Morgan fingerprint density at radius 1 is 1.67 bits per heavy atom. The van der Waals surface area contributed by atoms with Crippen molar-refractivity contribution in [2.24, 2.45) is 5.73 Å². The maximum atomic E-state index is 12.4. The van der Waals surface area contributed by atoms with Gasteiger partial charge < -0.3 is 5.73 Å². The molecule has 78 valence electrons. The van der Waals surface area contributed by atoms with Crippen LogP contribution in [0.25, 0.3) is 0 Å². The van der Waals surface area contributed by atoms with Crippen LogP contribution in [-0.2, 0) is 6.54 Å². The van der Waals surface area contributed by atoms with Gasteiger partial charge in [-0.05, 0) is 0 Å². The van der Waals surface area contributed by atoms with Crippen LogP contribution in [0, 0.1) is 11.3 Å². The van der Waals surface area contributed by atoms with E-state index in [4.69, 9.17) is 11.0 Å². The van der Waals surface area contributed by atoms with Crippen molar-refractivity contribution in [2.75, 3.05) is 0 Å². The second-order valence-electron chi connectivity index (χ2n) is 2.68. The SMILES string of the molecule is N#Cc1cnc(C(F)F)c(CN)c1C=O. The number of rotatable bonds is 3. The van der Waals surface area contributed by atoms with Gasteiger partial charge in [-0.15, -0.1) is 0 Å². The summed E-state index contributed by atoms with van der Waals surface area (Å²) in [4.78, 5) is 14.1. The maximum absolute atomic E-state index is 12.4. The Bertz CT molecular complexity index is 426. The second kappa shape index (κ2) is 4.57. The molecule has 2 N–H and O–H groups in total. The van der Waals surface area contributed by atoms with Crippen molar-refractivity contribution in [3.8, 4) is 6.07 Å². The molecule has 0 saturated carbocycles. The average molecular weight is 211 g/mol. The van der Waals surface area contributed by atoms with Crippen molar-refractivity contribution in [1.29, 1.82) is 5.26 Å². The number of alkyl halides is 2. The molecule has 0 saturated heterocycles. The first-order valence-electron chi connectivity index (χ1n) is 4.01. The summed E-state index contributed by atoms with van der Waals surface area (Å²) in [6.07, 6.45) is -1.52. The summed E-state index contributed by atoms with van der Waals surface area (Å²) in [6.45, 7) is -0.254. The highest BCUT2D eigenvalue weighted by Crippen LogP contribution is 2.23. The van der Waals surface area contributed by atoms with Crippen molar-refractivity contribution < 1.29 is 13.6 Å². The molecule has 6 heteroatoms. The van der Waals surface area contributed by atoms with E-state index >= 15 is 0 Å². The highest BCUT2D eigenvalue weighted by molar-refractivity contribution is 5.81. The quantitative estimate of drug-likeness (QED) is 0.761. The standard InChI is InChI=1S/C9H7F2N3O/c10-9(11)8-6(2-13)7(4-15)5(1-12)3-14-8/h3-4,9H,2,13H2. The number of aromatic nitrogens is 1. The Morgan fingerprint density at radius 3 is 2.73 bits per heavy atom. The fraction of sp³-hybridized carbons (Fsp3) is 0.222. The van der Waals surface area contributed by atoms with Crippen LogP contribution in [0.2, 0.25) is 0 Å². The third-order valence-electron chi connectivity index (χ3n) is 1.91. The Morgan fingerprint density at radius 2 is 2.33 bits per heavy atom. The molecule has 0 aliphatic rings. The van der Waals surface area contributed by atoms with Crippen molar-refractivity contribution in [3.05, 3.63) is 28.6 Å². The number of nitrogens with two attached hydrogens (primary N) is 1. The molecule has 0 aliphatic heterocycles. The van der Waals surface area contributed by atoms with Gasteiger partial charge in [0, 0.05) is 23.9 Å². The Hall–Kier alpha value is -1.87. The number of nitriles is 1. The molecule has 0 fully saturated rings. The zero-order valence-electron chi connectivity index (χ0n) is 7.58. The lowest BCUT2D eigenvalue weighted by Gasteiger charge is -2.08. The van der Waals surface area contributed by atoms with Crippen LogP contribution in [0.4, 0.5) is 8.78 Å². The minimum absolute atomic E-state index is 0.0464. The van der Waals surface area contributed by atoms with Gasteiger partial charge in [-0.25, -0.2) is 8.78 Å². The molecule has 0 atom stereocenters. The molecule has 0 bridgehead atoms. The second-order valence-corrected chi connectivity index (χ2v) is 2.68. The van der Waals surface area contributed by atoms with Gasteiger partial charge in [0.25, 0.3) is 6.43 Å². The molecule has 0 aliphatic carbocycles. The molecule has 0 unspecified atom stereocenters. The van der Waals surface area contributed by atoms with E-state index in [1.54, 1.807) is 6.07 Å². The van der Waals surface area contributed by atoms with Crippen LogP contribution in [0.15, 0.2) is 6.20 Å². The topological polar surface area (TPSA) is 79.8 Å². The van der Waals surface area contributed by atoms with Crippen LogP contribution in [-0.4, -0.2) is 11.3 Å². The summed E-state index contributed by atoms with van der Waals surface area (Å²) < 4.78 is 24.9. The van der Waals surface area contributed by atoms with Gasteiger partial charge in [0.1, 0.15) is 11.8 Å². The number of carbonyl (C=O) groups is 1. The fourth-order valence-corrected chi connectivity index (χ4v) is 1.21. The van der Waals surface area contributed by atoms with E-state index in [1.807, 2.05) is 0 Å². The molecule has 1 aromatic rings. The van der Waals surface area contributed by atoms with E-state index in [2.05, 4.69) is 4.98 Å². The summed E-state index contributed by atoms with van der Waals surface area (Å²) in [7, 11) is 0. The lowest BCUT2D eigenvalue weighted by molar-refractivity contribution is 0.112. The van der Waals surface area contributed by atoms with Gasteiger partial charge in [0.15, 0.2) is 6.29 Å². The first-order chi connectivity index (χ1) is 7.15. The summed E-state index contributed by atoms with van der Waals surface area (Å²) in [5.74, 6) is 0. The van der Waals surface area contributed by atoms with Crippen molar-refractivity contribution >= 4 is 6.29 Å². The van der Waals surface area contributed by atoms with E-state index < -0.39 is 12.1 Å². The van der Waals surface area contributed by atoms with Gasteiger partial charge in [0.2, 0.25) is 0 Å². The highest BCUT2D eigenvalue weighted by Gasteiger charge is 2.19. The Kier molecular flexibility index (Phi) is 3.42. The van der Waals surface area contributed by atoms with E-state index in [-0.39, 0.29) is 23.2 Å². The Balaban J connectivity index is 3.49. The Labute approximate surface area is 84.3 Å². The number of hydrogen-bond donors (Lipinski definition) is 1. The molecule has 1 aromatic heterocycles. The predicted molar refractivity (Wildman–Crippen MR) is 47.2 cm³/mol. The van der Waals surface area contributed by atoms with Gasteiger partial charge >= 0.3 is 0 Å². The minimum atomic E-state index is -2.81. The van der Waals surface area contributed by atoms with E-state index in [0.29, 0.717) is 6.29 Å². The van der Waals surface area contributed by atoms with E-state index in [1.165, 1.54) is 0 Å². The lowest BCUT2D eigenvalue weighted by atomic mass is 10.0. The van der Waals surface area contributed by atoms with Gasteiger partial charge in [0.05, 0.1) is 5.56 Å². The molecule has 0 aromatic carbocycles. The predicted octanol–water partition coefficient (Wildman–Crippen LogP) is 1.16. The number of nitrogens with zero attached hydrogens (tertiary/aromatic N) is 2. The van der Waals surface area contributed by atoms with Crippen molar-refractivity contribution in [2.45, 2.75) is 13.0 Å². The largest absolute Gasteiger partial charge is 0.326 e. The molecule has 0 amide bonds. The zero-order valence-corrected chi connectivity index (χ0v) is 7.58. The minimum Gasteiger partial charge on any atom is -0.326 e. The average Bonchev–Trinajstić information content (AvgIpc) is 2.26. The molecule has 0 spiro atoms. The third kappa shape index (κ3) is 1.97. The smallest absolute Gasteiger partial charge is 0.280 e. The molecular weight excluding hydrogens is 204 g/mol. The van der Waals surface area contributed by atoms with Gasteiger partial charge in [-0.2, -0.15) is 5.26 Å². The number of halogens is 2. The van der Waals surface area contributed by atoms with Crippen LogP contribution in [0.5, 0.6) is 0 Å². The molecule has 1 rings (SSSR count). The number of aldehydes is 1. The summed E-state index contributed by atoms with van der Waals surface area (Å²) in [5.41, 5.74) is 4.48. The van der Waals surface area contributed by atoms with Gasteiger partial charge in [-0.3, -0.25) is 9.78 Å². The van der Waals surface area contributed by atoms with Crippen molar-refractivity contribution in [1.82, 2.24) is 4.98 Å². The number of hydrogen-bond acceptors (Lipinski definition) is 4. The molecular formula is C9H7F2N3O. The summed E-state index contributed by atoms with van der Waals surface area (Å²) >= 11 is 0. The zero-order chi connectivity index (χ0) is 11.4. The molecule has 0 radical (unpaired) electrons. The van der Waals surface area contributed by atoms with Gasteiger partial charge in [-0.1, -0.05) is 0 Å². The summed E-state index contributed by atoms with van der Waals surface area (Å²) in [6, 6.07) is 1.69. The first-order valence-corrected chi connectivity index (χ1v) is 4.01. The normalized spacial score (nSPS) is 10.1. The van der Waals surface area contributed by atoms with Crippen molar-refractivity contribution in [3.63, 3.8) is 0 Å². The maximum Gasteiger partial charge on any atom is 0.280 e. The molecule has 4 nitrogen and oxygen atoms in total. The van der Waals surface area contributed by atoms with E-state index in [0.717, 1.165) is 6.20 Å². The van der Waals surface area contributed by atoms with Crippen LogP contribution in [0.1, 0.15) is 33.6 Å². The number of carbonyl (C=O) groups excluding carboxylic acids is 1. The molecule has 1 heterocycles. The third-order valence-corrected chi connectivity index (χ3v) is 1.91. The number of pyridine rings is 1. The molecule has 15 heavy (non-hydrogen) atoms. The van der Waals surface area contributed by atoms with E-state index in [9.17, 15) is 13.6 Å². The monoisotopic (exact) mass is 211 g/mol. The van der Waals surface area contributed by atoms with Crippen LogP contribution < -0.4 is 5.73 Å². The lowest BCUT2D eigenvalue weighted by Crippen LogP contribution is -2.10. The highest BCUT2D eigenvalue weighted by atomic mass is 19.3. The van der Waals surface area contributed by atoms with Crippen LogP contribution in [0.3, 0.4) is 0 Å². The van der Waals surface area contributed by atoms with Crippen LogP contribution >= 0.6 is 0 Å². The summed E-state index contributed by atoms with van der Waals surface area (Å²) in [5, 5.41) is 8.62. The first kappa shape index (κ1) is 11.2.